The van der Waals surface area contributed by atoms with E-state index in [2.05, 4.69) is 0 Å². The van der Waals surface area contributed by atoms with E-state index >= 15 is 0 Å². The molecule has 0 atom stereocenters. The molecule has 1 saturated heterocycles. The number of rotatable bonds is 5. The van der Waals surface area contributed by atoms with Crippen LogP contribution in [0.1, 0.15) is 5.56 Å². The molecule has 2 heterocycles. The summed E-state index contributed by atoms with van der Waals surface area (Å²) in [6.45, 7) is 2.87. The van der Waals surface area contributed by atoms with E-state index in [9.17, 15) is 18.5 Å². The molecule has 0 unspecified atom stereocenters. The number of ether oxygens (including phenoxy) is 2. The Hall–Kier alpha value is -2.69. The fraction of sp³-hybridized carbons (Fsp3) is 0.368. The molecule has 2 aliphatic heterocycles. The highest BCUT2D eigenvalue weighted by molar-refractivity contribution is 7.89. The molecule has 154 valence electrons. The maximum Gasteiger partial charge on any atom is 0.273 e. The van der Waals surface area contributed by atoms with Gasteiger partial charge in [0.2, 0.25) is 10.0 Å². The monoisotopic (exact) mass is 419 g/mol. The topological polar surface area (TPSA) is 102 Å². The lowest BCUT2D eigenvalue weighted by atomic mass is 10.1. The summed E-state index contributed by atoms with van der Waals surface area (Å²) in [4.78, 5) is 13.0. The first-order valence-corrected chi connectivity index (χ1v) is 10.7. The molecule has 0 saturated carbocycles. The number of benzene rings is 2. The molecule has 2 aromatic rings. The van der Waals surface area contributed by atoms with Gasteiger partial charge in [0, 0.05) is 50.4 Å². The number of para-hydroxylation sites is 1. The molecule has 9 nitrogen and oxygen atoms in total. The van der Waals surface area contributed by atoms with Gasteiger partial charge in [0.15, 0.2) is 11.5 Å². The molecule has 0 aliphatic carbocycles. The Balaban J connectivity index is 1.43. The van der Waals surface area contributed by atoms with Crippen LogP contribution in [-0.2, 0) is 16.6 Å². The van der Waals surface area contributed by atoms with Gasteiger partial charge in [0.05, 0.1) is 9.82 Å². The second-order valence-corrected chi connectivity index (χ2v) is 8.81. The smallest absolute Gasteiger partial charge is 0.273 e. The summed E-state index contributed by atoms with van der Waals surface area (Å²) in [5.74, 6) is 0.983. The molecule has 0 radical (unpaired) electrons. The van der Waals surface area contributed by atoms with Crippen molar-refractivity contribution in [2.24, 2.45) is 0 Å². The molecule has 4 rings (SSSR count). The van der Waals surface area contributed by atoms with Gasteiger partial charge >= 0.3 is 0 Å². The van der Waals surface area contributed by atoms with Crippen molar-refractivity contribution in [1.82, 2.24) is 9.21 Å². The minimum Gasteiger partial charge on any atom is -0.486 e. The first kappa shape index (κ1) is 19.6. The molecule has 10 heteroatoms. The summed E-state index contributed by atoms with van der Waals surface area (Å²) >= 11 is 0. The van der Waals surface area contributed by atoms with Crippen LogP contribution >= 0.6 is 0 Å². The SMILES string of the molecule is O=[N+]([O-])c1ccccc1CN1CCN(S(=O)(=O)c2ccc3c(c2)OCCO3)CC1. The normalized spacial score (nSPS) is 17.8. The number of nitro groups is 1. The fourth-order valence-corrected chi connectivity index (χ4v) is 4.96. The maximum absolute atomic E-state index is 13.0. The summed E-state index contributed by atoms with van der Waals surface area (Å²) in [5, 5.41) is 11.2. The van der Waals surface area contributed by atoms with Crippen LogP contribution in [0.2, 0.25) is 0 Å². The van der Waals surface area contributed by atoms with E-state index in [1.165, 1.54) is 22.5 Å². The zero-order chi connectivity index (χ0) is 20.4. The van der Waals surface area contributed by atoms with E-state index in [1.807, 2.05) is 4.90 Å². The molecule has 0 bridgehead atoms. The molecule has 0 aromatic heterocycles. The van der Waals surface area contributed by atoms with Crippen molar-refractivity contribution in [3.8, 4) is 11.5 Å². The number of sulfonamides is 1. The van der Waals surface area contributed by atoms with Gasteiger partial charge < -0.3 is 9.47 Å². The number of hydrogen-bond acceptors (Lipinski definition) is 7. The summed E-state index contributed by atoms with van der Waals surface area (Å²) in [6.07, 6.45) is 0. The minimum absolute atomic E-state index is 0.0822. The Morgan fingerprint density at radius 1 is 0.966 bits per heavy atom. The zero-order valence-electron chi connectivity index (χ0n) is 15.7. The first-order valence-electron chi connectivity index (χ1n) is 9.29. The van der Waals surface area contributed by atoms with Crippen molar-refractivity contribution in [3.63, 3.8) is 0 Å². The summed E-state index contributed by atoms with van der Waals surface area (Å²) in [7, 11) is -3.65. The predicted octanol–water partition coefficient (Wildman–Crippen LogP) is 1.87. The second-order valence-electron chi connectivity index (χ2n) is 6.87. The van der Waals surface area contributed by atoms with Crippen LogP contribution in [0, 0.1) is 10.1 Å². The molecular weight excluding hydrogens is 398 g/mol. The lowest BCUT2D eigenvalue weighted by Gasteiger charge is -2.34. The summed E-state index contributed by atoms with van der Waals surface area (Å²) in [6, 6.07) is 11.3. The fourth-order valence-electron chi connectivity index (χ4n) is 3.52. The maximum atomic E-state index is 13.0. The minimum atomic E-state index is -3.65. The van der Waals surface area contributed by atoms with E-state index < -0.39 is 14.9 Å². The van der Waals surface area contributed by atoms with Gasteiger partial charge in [-0.15, -0.1) is 0 Å². The zero-order valence-corrected chi connectivity index (χ0v) is 16.5. The molecule has 2 aromatic carbocycles. The predicted molar refractivity (Wildman–Crippen MR) is 105 cm³/mol. The van der Waals surface area contributed by atoms with Gasteiger partial charge in [-0.1, -0.05) is 18.2 Å². The van der Waals surface area contributed by atoms with Crippen LogP contribution in [-0.4, -0.2) is 61.9 Å². The quantitative estimate of drug-likeness (QED) is 0.538. The van der Waals surface area contributed by atoms with Crippen molar-refractivity contribution >= 4 is 15.7 Å². The Bertz CT molecular complexity index is 1020. The number of nitrogens with zero attached hydrogens (tertiary/aromatic N) is 3. The highest BCUT2D eigenvalue weighted by Gasteiger charge is 2.30. The number of piperazine rings is 1. The van der Waals surface area contributed by atoms with E-state index in [0.717, 1.165) is 0 Å². The average molecular weight is 419 g/mol. The third-order valence-electron chi connectivity index (χ3n) is 5.06. The van der Waals surface area contributed by atoms with Gasteiger partial charge in [0.25, 0.3) is 5.69 Å². The van der Waals surface area contributed by atoms with Crippen molar-refractivity contribution in [1.29, 1.82) is 0 Å². The number of hydrogen-bond donors (Lipinski definition) is 0. The molecule has 0 amide bonds. The van der Waals surface area contributed by atoms with Crippen LogP contribution in [0.3, 0.4) is 0 Å². The van der Waals surface area contributed by atoms with Gasteiger partial charge in [-0.05, 0) is 12.1 Å². The Labute approximate surface area is 168 Å². The van der Waals surface area contributed by atoms with Gasteiger partial charge in [0.1, 0.15) is 13.2 Å². The first-order chi connectivity index (χ1) is 13.9. The van der Waals surface area contributed by atoms with Crippen LogP contribution in [0.25, 0.3) is 0 Å². The number of fused-ring (bicyclic) bond motifs is 1. The van der Waals surface area contributed by atoms with Crippen molar-refractivity contribution < 1.29 is 22.8 Å². The standard InChI is InChI=1S/C19H21N3O6S/c23-22(24)17-4-2-1-3-15(17)14-20-7-9-21(10-8-20)29(25,26)16-5-6-18-19(13-16)28-12-11-27-18/h1-6,13H,7-12,14H2. The lowest BCUT2D eigenvalue weighted by Crippen LogP contribution is -2.48. The molecular formula is C19H21N3O6S. The van der Waals surface area contributed by atoms with E-state index in [0.29, 0.717) is 63.0 Å². The third-order valence-corrected chi connectivity index (χ3v) is 6.96. The molecule has 0 spiro atoms. The summed E-state index contributed by atoms with van der Waals surface area (Å²) in [5.41, 5.74) is 0.708. The average Bonchev–Trinajstić information content (AvgIpc) is 2.74. The Kier molecular flexibility index (Phi) is 5.39. The van der Waals surface area contributed by atoms with E-state index in [1.54, 1.807) is 24.3 Å². The third kappa shape index (κ3) is 4.04. The van der Waals surface area contributed by atoms with Crippen molar-refractivity contribution in [2.45, 2.75) is 11.4 Å². The van der Waals surface area contributed by atoms with Crippen LogP contribution in [0.5, 0.6) is 11.5 Å². The van der Waals surface area contributed by atoms with Gasteiger partial charge in [-0.25, -0.2) is 8.42 Å². The van der Waals surface area contributed by atoms with Crippen molar-refractivity contribution in [3.05, 3.63) is 58.1 Å². The largest absolute Gasteiger partial charge is 0.486 e. The van der Waals surface area contributed by atoms with Crippen LogP contribution < -0.4 is 9.47 Å². The Morgan fingerprint density at radius 2 is 1.66 bits per heavy atom. The van der Waals surface area contributed by atoms with E-state index in [-0.39, 0.29) is 10.6 Å². The number of nitro benzene ring substituents is 1. The van der Waals surface area contributed by atoms with E-state index in [4.69, 9.17) is 9.47 Å². The van der Waals surface area contributed by atoms with Gasteiger partial charge in [-0.2, -0.15) is 4.31 Å². The van der Waals surface area contributed by atoms with Gasteiger partial charge in [-0.3, -0.25) is 15.0 Å². The van der Waals surface area contributed by atoms with Crippen molar-refractivity contribution in [2.75, 3.05) is 39.4 Å². The van der Waals surface area contributed by atoms with Crippen LogP contribution in [0.4, 0.5) is 5.69 Å². The molecule has 1 fully saturated rings. The van der Waals surface area contributed by atoms with Crippen LogP contribution in [0.15, 0.2) is 47.4 Å². The summed E-state index contributed by atoms with van der Waals surface area (Å²) < 4.78 is 38.4. The highest BCUT2D eigenvalue weighted by atomic mass is 32.2. The molecule has 2 aliphatic rings. The lowest BCUT2D eigenvalue weighted by molar-refractivity contribution is -0.385. The molecule has 29 heavy (non-hydrogen) atoms. The highest BCUT2D eigenvalue weighted by Crippen LogP contribution is 2.33. The second kappa shape index (κ2) is 7.97. The molecule has 0 N–H and O–H groups in total. The Morgan fingerprint density at radius 3 is 2.38 bits per heavy atom.